The molecule has 0 radical (unpaired) electrons. The topological polar surface area (TPSA) is 107 Å². The Labute approximate surface area is 189 Å². The van der Waals surface area contributed by atoms with Gasteiger partial charge in [-0.15, -0.1) is 15.3 Å². The molecule has 1 fully saturated rings. The van der Waals surface area contributed by atoms with Crippen LogP contribution in [0, 0.1) is 0 Å². The number of halogens is 1. The van der Waals surface area contributed by atoms with Crippen molar-refractivity contribution in [1.82, 2.24) is 39.9 Å². The summed E-state index contributed by atoms with van der Waals surface area (Å²) in [4.78, 5) is 14.8. The van der Waals surface area contributed by atoms with Crippen molar-refractivity contribution >= 4 is 22.6 Å². The van der Waals surface area contributed by atoms with Crippen LogP contribution in [-0.2, 0) is 7.05 Å². The summed E-state index contributed by atoms with van der Waals surface area (Å²) in [5, 5.41) is 24.3. The molecule has 1 aromatic carbocycles. The molecular weight excluding hydrogens is 425 g/mol. The lowest BCUT2D eigenvalue weighted by atomic mass is 10.1. The van der Waals surface area contributed by atoms with Crippen LogP contribution in [0.1, 0.15) is 29.4 Å². The first-order valence-corrected chi connectivity index (χ1v) is 10.9. The van der Waals surface area contributed by atoms with Crippen molar-refractivity contribution in [2.75, 3.05) is 31.6 Å². The van der Waals surface area contributed by atoms with Crippen LogP contribution in [0.4, 0.5) is 10.2 Å². The highest BCUT2D eigenvalue weighted by Crippen LogP contribution is 2.24. The average molecular weight is 449 g/mol. The number of fused-ring (bicyclic) bond motifs is 1. The van der Waals surface area contributed by atoms with Gasteiger partial charge in [0, 0.05) is 43.8 Å². The summed E-state index contributed by atoms with van der Waals surface area (Å²) in [6.07, 6.45) is 7.08. The lowest BCUT2D eigenvalue weighted by Crippen LogP contribution is -2.36. The van der Waals surface area contributed by atoms with Crippen LogP contribution in [-0.4, -0.2) is 72.1 Å². The third-order valence-electron chi connectivity index (χ3n) is 5.94. The highest BCUT2D eigenvalue weighted by atomic mass is 19.1. The molecule has 3 aromatic heterocycles. The predicted molar refractivity (Wildman–Crippen MR) is 120 cm³/mol. The van der Waals surface area contributed by atoms with Crippen molar-refractivity contribution < 1.29 is 9.18 Å². The number of carbonyl (C=O) groups excluding carboxylic acids is 1. The van der Waals surface area contributed by atoms with E-state index in [1.165, 1.54) is 0 Å². The van der Waals surface area contributed by atoms with Crippen LogP contribution < -0.4 is 5.32 Å². The zero-order chi connectivity index (χ0) is 22.8. The molecule has 4 aromatic rings. The van der Waals surface area contributed by atoms with E-state index < -0.39 is 5.91 Å². The molecule has 170 valence electrons. The zero-order valence-corrected chi connectivity index (χ0v) is 18.2. The molecule has 4 heterocycles. The van der Waals surface area contributed by atoms with Gasteiger partial charge in [-0.2, -0.15) is 5.10 Å². The van der Waals surface area contributed by atoms with Crippen molar-refractivity contribution in [3.05, 3.63) is 48.5 Å². The molecule has 0 saturated carbocycles. The van der Waals surface area contributed by atoms with Crippen LogP contribution in [0.25, 0.3) is 22.0 Å². The molecule has 10 nitrogen and oxygen atoms in total. The predicted octanol–water partition coefficient (Wildman–Crippen LogP) is 2.48. The number of aryl methyl sites for hydroxylation is 1. The van der Waals surface area contributed by atoms with Gasteiger partial charge >= 0.3 is 0 Å². The molecule has 33 heavy (non-hydrogen) atoms. The molecule has 1 N–H and O–H groups in total. The minimum Gasteiger partial charge on any atom is -0.304 e. The summed E-state index contributed by atoms with van der Waals surface area (Å²) in [7, 11) is 1.87. The summed E-state index contributed by atoms with van der Waals surface area (Å²) in [5.41, 5.74) is 2.94. The number of anilines is 1. The zero-order valence-electron chi connectivity index (χ0n) is 18.2. The van der Waals surface area contributed by atoms with Crippen LogP contribution in [0.5, 0.6) is 0 Å². The number of hydrogen-bond acceptors (Lipinski definition) is 7. The number of aromatic nitrogens is 7. The molecule has 11 heteroatoms. The Morgan fingerprint density at radius 3 is 2.73 bits per heavy atom. The summed E-state index contributed by atoms with van der Waals surface area (Å²) in [5.74, 6) is -0.0573. The number of carbonyl (C=O) groups is 1. The fourth-order valence-electron chi connectivity index (χ4n) is 4.12. The SMILES string of the molecule is Cn1cc(-c2ccc3nnc(NC(=O)c4cn(C5CCN(CCF)CC5)nn4)cc3c2)cn1. The lowest BCUT2D eigenvalue weighted by molar-refractivity contribution is 0.102. The van der Waals surface area contributed by atoms with E-state index in [0.717, 1.165) is 48.0 Å². The minimum absolute atomic E-state index is 0.154. The second-order valence-corrected chi connectivity index (χ2v) is 8.21. The number of nitrogens with one attached hydrogen (secondary N) is 1. The molecule has 0 atom stereocenters. The Hall–Kier alpha value is -3.73. The van der Waals surface area contributed by atoms with E-state index in [0.29, 0.717) is 12.4 Å². The van der Waals surface area contributed by atoms with Gasteiger partial charge in [0.25, 0.3) is 5.91 Å². The van der Waals surface area contributed by atoms with E-state index in [-0.39, 0.29) is 18.4 Å². The highest BCUT2D eigenvalue weighted by Gasteiger charge is 2.22. The molecule has 0 aliphatic carbocycles. The third-order valence-corrected chi connectivity index (χ3v) is 5.94. The summed E-state index contributed by atoms with van der Waals surface area (Å²) in [6, 6.07) is 7.78. The highest BCUT2D eigenvalue weighted by molar-refractivity contribution is 6.02. The number of hydrogen-bond donors (Lipinski definition) is 1. The molecule has 1 aliphatic heterocycles. The maximum Gasteiger partial charge on any atom is 0.279 e. The number of likely N-dealkylation sites (tertiary alicyclic amines) is 1. The first-order chi connectivity index (χ1) is 16.1. The third kappa shape index (κ3) is 4.58. The normalized spacial score (nSPS) is 15.2. The van der Waals surface area contributed by atoms with E-state index in [9.17, 15) is 9.18 Å². The Kier molecular flexibility index (Phi) is 5.78. The number of alkyl halides is 1. The van der Waals surface area contributed by atoms with E-state index in [2.05, 4.69) is 35.8 Å². The molecule has 1 aliphatic rings. The van der Waals surface area contributed by atoms with Gasteiger partial charge in [-0.3, -0.25) is 9.48 Å². The Morgan fingerprint density at radius 2 is 1.97 bits per heavy atom. The van der Waals surface area contributed by atoms with E-state index in [1.807, 2.05) is 31.4 Å². The second-order valence-electron chi connectivity index (χ2n) is 8.21. The molecule has 0 bridgehead atoms. The number of benzene rings is 1. The number of rotatable bonds is 6. The summed E-state index contributed by atoms with van der Waals surface area (Å²) < 4.78 is 16.0. The maximum atomic E-state index is 12.7. The van der Waals surface area contributed by atoms with Crippen molar-refractivity contribution in [1.29, 1.82) is 0 Å². The fraction of sp³-hybridized carbons (Fsp3) is 0.364. The van der Waals surface area contributed by atoms with Gasteiger partial charge in [0.15, 0.2) is 11.5 Å². The van der Waals surface area contributed by atoms with Crippen LogP contribution >= 0.6 is 0 Å². The average Bonchev–Trinajstić information content (AvgIpc) is 3.49. The number of amides is 1. The molecule has 5 rings (SSSR count). The maximum absolute atomic E-state index is 12.7. The van der Waals surface area contributed by atoms with Gasteiger partial charge < -0.3 is 10.2 Å². The largest absolute Gasteiger partial charge is 0.304 e. The summed E-state index contributed by atoms with van der Waals surface area (Å²) in [6.45, 7) is 1.75. The quantitative estimate of drug-likeness (QED) is 0.482. The summed E-state index contributed by atoms with van der Waals surface area (Å²) >= 11 is 0. The lowest BCUT2D eigenvalue weighted by Gasteiger charge is -2.30. The Morgan fingerprint density at radius 1 is 1.12 bits per heavy atom. The van der Waals surface area contributed by atoms with Gasteiger partial charge in [-0.1, -0.05) is 11.3 Å². The van der Waals surface area contributed by atoms with Crippen molar-refractivity contribution in [2.24, 2.45) is 7.05 Å². The van der Waals surface area contributed by atoms with Crippen molar-refractivity contribution in [2.45, 2.75) is 18.9 Å². The van der Waals surface area contributed by atoms with Gasteiger partial charge in [0.2, 0.25) is 0 Å². The van der Waals surface area contributed by atoms with Gasteiger partial charge in [-0.25, -0.2) is 9.07 Å². The Balaban J connectivity index is 1.28. The van der Waals surface area contributed by atoms with Gasteiger partial charge in [-0.05, 0) is 36.6 Å². The minimum atomic E-state index is -0.395. The van der Waals surface area contributed by atoms with Gasteiger partial charge in [0.1, 0.15) is 6.67 Å². The van der Waals surface area contributed by atoms with Crippen molar-refractivity contribution in [3.8, 4) is 11.1 Å². The van der Waals surface area contributed by atoms with E-state index in [1.54, 1.807) is 27.8 Å². The van der Waals surface area contributed by atoms with Crippen molar-refractivity contribution in [3.63, 3.8) is 0 Å². The van der Waals surface area contributed by atoms with E-state index >= 15 is 0 Å². The fourth-order valence-corrected chi connectivity index (χ4v) is 4.12. The molecule has 0 unspecified atom stereocenters. The standard InChI is InChI=1S/C22H24FN9O/c1-30-13-17(12-24-30)15-2-3-19-16(10-15)11-21(28-26-19)25-22(33)20-14-32(29-27-20)18-4-7-31(8-5-18)9-6-23/h2-3,10-14,18H,4-9H2,1H3,(H,25,28,33). The van der Waals surface area contributed by atoms with E-state index in [4.69, 9.17) is 0 Å². The Bertz CT molecular complexity index is 1280. The smallest absolute Gasteiger partial charge is 0.279 e. The monoisotopic (exact) mass is 449 g/mol. The van der Waals surface area contributed by atoms with Crippen LogP contribution in [0.3, 0.4) is 0 Å². The first kappa shape index (κ1) is 21.1. The van der Waals surface area contributed by atoms with Crippen LogP contribution in [0.2, 0.25) is 0 Å². The van der Waals surface area contributed by atoms with Gasteiger partial charge in [0.05, 0.1) is 24.0 Å². The number of nitrogens with zero attached hydrogens (tertiary/aromatic N) is 8. The molecule has 1 saturated heterocycles. The number of piperidine rings is 1. The molecule has 1 amide bonds. The second kappa shape index (κ2) is 9.02. The van der Waals surface area contributed by atoms with Crippen LogP contribution in [0.15, 0.2) is 42.9 Å². The first-order valence-electron chi connectivity index (χ1n) is 10.9. The molecule has 0 spiro atoms. The molecular formula is C22H24FN9O.